The van der Waals surface area contributed by atoms with Crippen LogP contribution < -0.4 is 5.32 Å². The summed E-state index contributed by atoms with van der Waals surface area (Å²) in [5.41, 5.74) is 0.800. The molecule has 0 aliphatic carbocycles. The molecule has 0 aliphatic rings. The van der Waals surface area contributed by atoms with E-state index in [2.05, 4.69) is 5.32 Å². The monoisotopic (exact) mass is 280 g/mol. The number of rotatable bonds is 8. The number of aliphatic hydroxyl groups excluding tert-OH is 1. The maximum Gasteiger partial charge on any atom is 0.273 e. The second-order valence-corrected chi connectivity index (χ2v) is 4.65. The third-order valence-corrected chi connectivity index (χ3v) is 3.04. The van der Waals surface area contributed by atoms with Gasteiger partial charge in [0.15, 0.2) is 0 Å². The highest BCUT2D eigenvalue weighted by Gasteiger charge is 2.14. The Morgan fingerprint density at radius 2 is 2.00 bits per heavy atom. The number of aryl methyl sites for hydroxylation is 1. The Morgan fingerprint density at radius 1 is 1.30 bits per heavy atom. The third kappa shape index (κ3) is 4.97. The average Bonchev–Trinajstić information content (AvgIpc) is 2.42. The van der Waals surface area contributed by atoms with Crippen LogP contribution in [0.15, 0.2) is 18.2 Å². The minimum atomic E-state index is -0.485. The van der Waals surface area contributed by atoms with Crippen LogP contribution in [0, 0.1) is 17.0 Å². The Kier molecular flexibility index (Phi) is 6.66. The Labute approximate surface area is 118 Å². The first-order valence-corrected chi connectivity index (χ1v) is 6.70. The fourth-order valence-corrected chi connectivity index (χ4v) is 1.84. The van der Waals surface area contributed by atoms with Crippen molar-refractivity contribution in [2.24, 2.45) is 0 Å². The summed E-state index contributed by atoms with van der Waals surface area (Å²) in [5.74, 6) is -0.296. The Morgan fingerprint density at radius 3 is 2.65 bits per heavy atom. The number of hydrogen-bond donors (Lipinski definition) is 2. The summed E-state index contributed by atoms with van der Waals surface area (Å²) in [5, 5.41) is 22.2. The zero-order valence-corrected chi connectivity index (χ0v) is 11.6. The molecule has 1 aromatic rings. The number of unbranched alkanes of at least 4 members (excludes halogenated alkanes) is 3. The van der Waals surface area contributed by atoms with Gasteiger partial charge in [0.25, 0.3) is 11.6 Å². The fourth-order valence-electron chi connectivity index (χ4n) is 1.84. The molecule has 1 rings (SSSR count). The molecule has 0 heterocycles. The van der Waals surface area contributed by atoms with E-state index in [-0.39, 0.29) is 18.2 Å². The number of carbonyl (C=O) groups excluding carboxylic acids is 1. The summed E-state index contributed by atoms with van der Waals surface area (Å²) < 4.78 is 0. The molecule has 0 aliphatic heterocycles. The molecule has 2 N–H and O–H groups in total. The van der Waals surface area contributed by atoms with Crippen molar-refractivity contribution in [3.05, 3.63) is 39.4 Å². The first-order chi connectivity index (χ1) is 9.56. The van der Waals surface area contributed by atoms with Crippen LogP contribution in [-0.2, 0) is 0 Å². The molecule has 20 heavy (non-hydrogen) atoms. The summed E-state index contributed by atoms with van der Waals surface area (Å²) in [4.78, 5) is 22.2. The molecule has 1 aromatic carbocycles. The topological polar surface area (TPSA) is 92.5 Å². The van der Waals surface area contributed by atoms with E-state index in [1.165, 1.54) is 6.07 Å². The summed E-state index contributed by atoms with van der Waals surface area (Å²) >= 11 is 0. The number of hydrogen-bond acceptors (Lipinski definition) is 4. The van der Waals surface area contributed by atoms with Crippen LogP contribution in [0.1, 0.15) is 41.6 Å². The van der Waals surface area contributed by atoms with Crippen molar-refractivity contribution in [2.75, 3.05) is 13.2 Å². The lowest BCUT2D eigenvalue weighted by molar-refractivity contribution is -0.385. The third-order valence-electron chi connectivity index (χ3n) is 3.04. The summed E-state index contributed by atoms with van der Waals surface area (Å²) in [6, 6.07) is 4.47. The molecule has 110 valence electrons. The largest absolute Gasteiger partial charge is 0.396 e. The van der Waals surface area contributed by atoms with E-state index in [0.717, 1.165) is 25.7 Å². The quantitative estimate of drug-likeness (QED) is 0.433. The number of nitrogens with zero attached hydrogens (tertiary/aromatic N) is 1. The molecule has 0 spiro atoms. The second-order valence-electron chi connectivity index (χ2n) is 4.65. The normalized spacial score (nSPS) is 10.3. The minimum absolute atomic E-state index is 0.0411. The van der Waals surface area contributed by atoms with Gasteiger partial charge >= 0.3 is 0 Å². The zero-order chi connectivity index (χ0) is 15.0. The molecule has 0 atom stereocenters. The molecule has 0 bridgehead atoms. The van der Waals surface area contributed by atoms with Crippen molar-refractivity contribution in [3.63, 3.8) is 0 Å². The maximum atomic E-state index is 11.8. The Bertz CT molecular complexity index is 474. The van der Waals surface area contributed by atoms with Gasteiger partial charge in [0.1, 0.15) is 0 Å². The van der Waals surface area contributed by atoms with Crippen LogP contribution in [0.4, 0.5) is 5.69 Å². The Balaban J connectivity index is 2.47. The fraction of sp³-hybridized carbons (Fsp3) is 0.500. The van der Waals surface area contributed by atoms with E-state index in [1.807, 2.05) is 0 Å². The smallest absolute Gasteiger partial charge is 0.273 e. The van der Waals surface area contributed by atoms with E-state index >= 15 is 0 Å². The lowest BCUT2D eigenvalue weighted by Crippen LogP contribution is -2.24. The molecule has 1 amide bonds. The van der Waals surface area contributed by atoms with E-state index in [9.17, 15) is 14.9 Å². The summed E-state index contributed by atoms with van der Waals surface area (Å²) in [7, 11) is 0. The van der Waals surface area contributed by atoms with E-state index in [0.29, 0.717) is 17.7 Å². The molecular formula is C14H20N2O4. The van der Waals surface area contributed by atoms with Gasteiger partial charge in [0, 0.05) is 30.3 Å². The molecule has 6 nitrogen and oxygen atoms in total. The van der Waals surface area contributed by atoms with Gasteiger partial charge in [-0.3, -0.25) is 14.9 Å². The van der Waals surface area contributed by atoms with Gasteiger partial charge in [-0.15, -0.1) is 0 Å². The maximum absolute atomic E-state index is 11.8. The van der Waals surface area contributed by atoms with Gasteiger partial charge < -0.3 is 10.4 Å². The standard InChI is InChI=1S/C14H20N2O4/c1-11-6-7-12(10-13(11)16(19)20)14(18)15-8-4-2-3-5-9-17/h6-7,10,17H,2-5,8-9H2,1H3,(H,15,18). The number of nitro benzene ring substituents is 1. The predicted octanol–water partition coefficient (Wildman–Crippen LogP) is 2.19. The second kappa shape index (κ2) is 8.27. The van der Waals surface area contributed by atoms with Crippen LogP contribution in [0.2, 0.25) is 0 Å². The van der Waals surface area contributed by atoms with Gasteiger partial charge in [0.2, 0.25) is 0 Å². The Hall–Kier alpha value is -1.95. The molecule has 0 fully saturated rings. The van der Waals surface area contributed by atoms with Gasteiger partial charge in [-0.05, 0) is 25.8 Å². The lowest BCUT2D eigenvalue weighted by atomic mass is 10.1. The van der Waals surface area contributed by atoms with Crippen LogP contribution in [0.3, 0.4) is 0 Å². The molecule has 0 aromatic heterocycles. The molecule has 0 saturated carbocycles. The number of benzene rings is 1. The van der Waals surface area contributed by atoms with Crippen molar-refractivity contribution in [1.82, 2.24) is 5.32 Å². The van der Waals surface area contributed by atoms with Crippen molar-refractivity contribution >= 4 is 11.6 Å². The number of nitrogens with one attached hydrogen (secondary N) is 1. The highest BCUT2D eigenvalue weighted by atomic mass is 16.6. The van der Waals surface area contributed by atoms with Crippen LogP contribution in [-0.4, -0.2) is 29.1 Å². The highest BCUT2D eigenvalue weighted by molar-refractivity contribution is 5.94. The van der Waals surface area contributed by atoms with E-state index < -0.39 is 4.92 Å². The van der Waals surface area contributed by atoms with Gasteiger partial charge in [-0.2, -0.15) is 0 Å². The minimum Gasteiger partial charge on any atom is -0.396 e. The van der Waals surface area contributed by atoms with E-state index in [1.54, 1.807) is 19.1 Å². The predicted molar refractivity (Wildman–Crippen MR) is 75.7 cm³/mol. The number of carbonyl (C=O) groups is 1. The lowest BCUT2D eigenvalue weighted by Gasteiger charge is -2.06. The number of aliphatic hydroxyl groups is 1. The summed E-state index contributed by atoms with van der Waals surface area (Å²) in [6.45, 7) is 2.37. The first kappa shape index (κ1) is 16.1. The van der Waals surface area contributed by atoms with Crippen LogP contribution >= 0.6 is 0 Å². The van der Waals surface area contributed by atoms with Gasteiger partial charge in [-0.25, -0.2) is 0 Å². The van der Waals surface area contributed by atoms with Crippen molar-refractivity contribution in [2.45, 2.75) is 32.6 Å². The first-order valence-electron chi connectivity index (χ1n) is 6.70. The molecular weight excluding hydrogens is 260 g/mol. The SMILES string of the molecule is Cc1ccc(C(=O)NCCCCCCO)cc1[N+](=O)[O-]. The number of amides is 1. The zero-order valence-electron chi connectivity index (χ0n) is 11.6. The van der Waals surface area contributed by atoms with Crippen LogP contribution in [0.5, 0.6) is 0 Å². The molecule has 0 radical (unpaired) electrons. The highest BCUT2D eigenvalue weighted by Crippen LogP contribution is 2.19. The number of nitro groups is 1. The molecule has 6 heteroatoms. The molecule has 0 unspecified atom stereocenters. The summed E-state index contributed by atoms with van der Waals surface area (Å²) in [6.07, 6.45) is 3.48. The van der Waals surface area contributed by atoms with Gasteiger partial charge in [-0.1, -0.05) is 18.9 Å². The van der Waals surface area contributed by atoms with Crippen LogP contribution in [0.25, 0.3) is 0 Å². The van der Waals surface area contributed by atoms with E-state index in [4.69, 9.17) is 5.11 Å². The average molecular weight is 280 g/mol. The van der Waals surface area contributed by atoms with Crippen molar-refractivity contribution in [3.8, 4) is 0 Å². The van der Waals surface area contributed by atoms with Crippen molar-refractivity contribution in [1.29, 1.82) is 0 Å². The van der Waals surface area contributed by atoms with Crippen molar-refractivity contribution < 1.29 is 14.8 Å². The van der Waals surface area contributed by atoms with Gasteiger partial charge in [0.05, 0.1) is 4.92 Å². The molecule has 0 saturated heterocycles.